The van der Waals surface area contributed by atoms with Gasteiger partial charge in [-0.3, -0.25) is 0 Å². The van der Waals surface area contributed by atoms with Gasteiger partial charge < -0.3 is 9.32 Å². The molecule has 1 aliphatic carbocycles. The van der Waals surface area contributed by atoms with E-state index >= 15 is 0 Å². The molecule has 0 saturated heterocycles. The first-order chi connectivity index (χ1) is 11.1. The average molecular weight is 352 g/mol. The molecule has 1 saturated carbocycles. The third-order valence-corrected chi connectivity index (χ3v) is 5.51. The minimum absolute atomic E-state index is 0.476. The van der Waals surface area contributed by atoms with Crippen LogP contribution in [0.3, 0.4) is 0 Å². The molecule has 23 heavy (non-hydrogen) atoms. The molecule has 124 valence electrons. The summed E-state index contributed by atoms with van der Waals surface area (Å²) in [6, 6.07) is 10.6. The summed E-state index contributed by atoms with van der Waals surface area (Å²) < 4.78 is 5.91. The molecule has 0 aliphatic heterocycles. The lowest BCUT2D eigenvalue weighted by atomic mass is 9.74. The van der Waals surface area contributed by atoms with Gasteiger partial charge in [0.15, 0.2) is 5.88 Å². The monoisotopic (exact) mass is 351 g/mol. The fourth-order valence-electron chi connectivity index (χ4n) is 3.33. The van der Waals surface area contributed by atoms with Crippen molar-refractivity contribution in [2.75, 3.05) is 11.4 Å². The first-order valence-electron chi connectivity index (χ1n) is 8.38. The SMILES string of the molecule is CCCCN(c1ccc(C)o1)C1CCC1c1ccc(Cl)c(Cl)c1. The van der Waals surface area contributed by atoms with Gasteiger partial charge in [-0.2, -0.15) is 0 Å². The van der Waals surface area contributed by atoms with Gasteiger partial charge in [-0.15, -0.1) is 0 Å². The van der Waals surface area contributed by atoms with Crippen LogP contribution in [0, 0.1) is 6.92 Å². The first kappa shape index (κ1) is 16.7. The van der Waals surface area contributed by atoms with Crippen LogP contribution in [0.15, 0.2) is 34.7 Å². The largest absolute Gasteiger partial charge is 0.446 e. The Kier molecular flexibility index (Phi) is 5.23. The van der Waals surface area contributed by atoms with Crippen molar-refractivity contribution in [2.45, 2.75) is 51.5 Å². The summed E-state index contributed by atoms with van der Waals surface area (Å²) in [6.07, 6.45) is 4.73. The molecule has 2 aromatic rings. The van der Waals surface area contributed by atoms with Crippen molar-refractivity contribution in [1.82, 2.24) is 0 Å². The number of anilines is 1. The zero-order valence-electron chi connectivity index (χ0n) is 13.7. The molecule has 3 rings (SSSR count). The van der Waals surface area contributed by atoms with Crippen LogP contribution in [0.1, 0.15) is 49.8 Å². The van der Waals surface area contributed by atoms with Crippen LogP contribution in [0.4, 0.5) is 5.88 Å². The molecule has 1 aromatic carbocycles. The molecule has 0 radical (unpaired) electrons. The minimum Gasteiger partial charge on any atom is -0.446 e. The van der Waals surface area contributed by atoms with Crippen LogP contribution in [0.25, 0.3) is 0 Å². The van der Waals surface area contributed by atoms with Gasteiger partial charge in [0.2, 0.25) is 0 Å². The highest BCUT2D eigenvalue weighted by atomic mass is 35.5. The molecule has 0 bridgehead atoms. The second-order valence-electron chi connectivity index (χ2n) is 6.36. The van der Waals surface area contributed by atoms with Gasteiger partial charge in [0.05, 0.1) is 10.0 Å². The van der Waals surface area contributed by atoms with Crippen LogP contribution in [0.2, 0.25) is 10.0 Å². The highest BCUT2D eigenvalue weighted by Crippen LogP contribution is 2.43. The topological polar surface area (TPSA) is 16.4 Å². The van der Waals surface area contributed by atoms with Gasteiger partial charge in [-0.25, -0.2) is 0 Å². The van der Waals surface area contributed by atoms with Crippen molar-refractivity contribution in [1.29, 1.82) is 0 Å². The van der Waals surface area contributed by atoms with E-state index in [-0.39, 0.29) is 0 Å². The van der Waals surface area contributed by atoms with Crippen molar-refractivity contribution in [3.63, 3.8) is 0 Å². The van der Waals surface area contributed by atoms with Gasteiger partial charge >= 0.3 is 0 Å². The van der Waals surface area contributed by atoms with Crippen LogP contribution in [0.5, 0.6) is 0 Å². The summed E-state index contributed by atoms with van der Waals surface area (Å²) in [4.78, 5) is 2.44. The normalized spacial score (nSPS) is 20.3. The van der Waals surface area contributed by atoms with Crippen LogP contribution in [-0.4, -0.2) is 12.6 Å². The van der Waals surface area contributed by atoms with E-state index in [1.54, 1.807) is 0 Å². The Balaban J connectivity index is 1.82. The Hall–Kier alpha value is -1.12. The zero-order chi connectivity index (χ0) is 16.4. The van der Waals surface area contributed by atoms with Gasteiger partial charge in [-0.05, 0) is 49.9 Å². The Morgan fingerprint density at radius 3 is 2.52 bits per heavy atom. The van der Waals surface area contributed by atoms with E-state index in [1.807, 2.05) is 25.1 Å². The number of unbranched alkanes of at least 4 members (excludes halogenated alkanes) is 1. The van der Waals surface area contributed by atoms with Crippen molar-refractivity contribution >= 4 is 29.1 Å². The number of halogens is 2. The molecule has 0 amide bonds. The summed E-state index contributed by atoms with van der Waals surface area (Å²) in [5, 5.41) is 1.26. The predicted octanol–water partition coefficient (Wildman–Crippen LogP) is 6.45. The van der Waals surface area contributed by atoms with Crippen LogP contribution >= 0.6 is 23.2 Å². The van der Waals surface area contributed by atoms with E-state index in [2.05, 4.69) is 24.0 Å². The Morgan fingerprint density at radius 1 is 1.13 bits per heavy atom. The summed E-state index contributed by atoms with van der Waals surface area (Å²) in [7, 11) is 0. The second kappa shape index (κ2) is 7.19. The second-order valence-corrected chi connectivity index (χ2v) is 7.17. The van der Waals surface area contributed by atoms with E-state index in [0.29, 0.717) is 22.0 Å². The highest BCUT2D eigenvalue weighted by molar-refractivity contribution is 6.42. The molecule has 2 unspecified atom stereocenters. The van der Waals surface area contributed by atoms with Crippen molar-refractivity contribution in [3.05, 3.63) is 51.7 Å². The Bertz CT molecular complexity index is 667. The van der Waals surface area contributed by atoms with E-state index in [1.165, 1.54) is 31.2 Å². The molecule has 4 heteroatoms. The highest BCUT2D eigenvalue weighted by Gasteiger charge is 2.37. The van der Waals surface area contributed by atoms with Crippen molar-refractivity contribution in [2.24, 2.45) is 0 Å². The van der Waals surface area contributed by atoms with E-state index in [9.17, 15) is 0 Å². The first-order valence-corrected chi connectivity index (χ1v) is 9.13. The molecule has 1 aliphatic rings. The number of aryl methyl sites for hydroxylation is 1. The average Bonchev–Trinajstić information content (AvgIpc) is 2.92. The number of hydrogen-bond donors (Lipinski definition) is 0. The molecule has 0 N–H and O–H groups in total. The number of rotatable bonds is 6. The number of benzene rings is 1. The molecule has 1 heterocycles. The molecule has 0 spiro atoms. The van der Waals surface area contributed by atoms with Gasteiger partial charge in [0.25, 0.3) is 0 Å². The molecule has 1 fully saturated rings. The van der Waals surface area contributed by atoms with Gasteiger partial charge in [0, 0.05) is 24.6 Å². The lowest BCUT2D eigenvalue weighted by molar-refractivity contribution is 0.308. The summed E-state index contributed by atoms with van der Waals surface area (Å²) >= 11 is 12.3. The molecule has 2 atom stereocenters. The maximum absolute atomic E-state index is 6.21. The van der Waals surface area contributed by atoms with Crippen LogP contribution in [-0.2, 0) is 0 Å². The van der Waals surface area contributed by atoms with Crippen LogP contribution < -0.4 is 4.90 Å². The third-order valence-electron chi connectivity index (χ3n) is 4.77. The summed E-state index contributed by atoms with van der Waals surface area (Å²) in [5.74, 6) is 2.45. The number of hydrogen-bond acceptors (Lipinski definition) is 2. The molecular weight excluding hydrogens is 329 g/mol. The van der Waals surface area contributed by atoms with Crippen molar-refractivity contribution < 1.29 is 4.42 Å². The Morgan fingerprint density at radius 2 is 1.96 bits per heavy atom. The predicted molar refractivity (Wildman–Crippen MR) is 97.9 cm³/mol. The van der Waals surface area contributed by atoms with E-state index in [0.717, 1.165) is 18.2 Å². The molecular formula is C19H23Cl2NO. The third kappa shape index (κ3) is 3.54. The molecule has 2 nitrogen and oxygen atoms in total. The smallest absolute Gasteiger partial charge is 0.195 e. The lowest BCUT2D eigenvalue weighted by Gasteiger charge is -2.45. The number of furan rings is 1. The van der Waals surface area contributed by atoms with E-state index in [4.69, 9.17) is 27.6 Å². The standard InChI is InChI=1S/C19H23Cl2NO/c1-3-4-11-22(19-10-5-13(2)23-19)18-9-7-15(18)14-6-8-16(20)17(21)12-14/h5-6,8,10,12,15,18H,3-4,7,9,11H2,1-2H3. The van der Waals surface area contributed by atoms with Gasteiger partial charge in [0.1, 0.15) is 5.76 Å². The fraction of sp³-hybridized carbons (Fsp3) is 0.474. The summed E-state index contributed by atoms with van der Waals surface area (Å²) in [5.41, 5.74) is 1.28. The quantitative estimate of drug-likeness (QED) is 0.594. The van der Waals surface area contributed by atoms with Crippen molar-refractivity contribution in [3.8, 4) is 0 Å². The number of nitrogens with zero attached hydrogens (tertiary/aromatic N) is 1. The maximum Gasteiger partial charge on any atom is 0.195 e. The Labute approximate surface area is 148 Å². The lowest BCUT2D eigenvalue weighted by Crippen LogP contribution is -2.46. The summed E-state index contributed by atoms with van der Waals surface area (Å²) in [6.45, 7) is 5.26. The van der Waals surface area contributed by atoms with Gasteiger partial charge in [-0.1, -0.05) is 42.6 Å². The van der Waals surface area contributed by atoms with E-state index < -0.39 is 0 Å². The maximum atomic E-state index is 6.21. The fourth-order valence-corrected chi connectivity index (χ4v) is 3.64. The minimum atomic E-state index is 0.476. The zero-order valence-corrected chi connectivity index (χ0v) is 15.2. The molecule has 1 aromatic heterocycles.